The third-order valence-corrected chi connectivity index (χ3v) is 5.26. The van der Waals surface area contributed by atoms with Crippen molar-refractivity contribution in [2.45, 2.75) is 51.5 Å². The molecular weight excluding hydrogens is 328 g/mol. The second-order valence-corrected chi connectivity index (χ2v) is 7.11. The molecule has 0 bridgehead atoms. The van der Waals surface area contributed by atoms with Crippen LogP contribution in [0.4, 0.5) is 11.6 Å². The van der Waals surface area contributed by atoms with Crippen molar-refractivity contribution in [1.29, 1.82) is 0 Å². The molecule has 2 aromatic heterocycles. The normalized spacial score (nSPS) is 20.5. The molecule has 1 N–H and O–H groups in total. The quantitative estimate of drug-likeness (QED) is 0.910. The standard InChI is InChI=1S/C19H24N6O/c1-13-22-15(11-17(23-13)24-18-12-20-8-9-21-18)16-7-4-10-25(16)19(26)14-5-2-3-6-14/h8-9,11-12,14,16H,2-7,10H2,1H3,(H,21,22,23,24)/t16-/m0/s1. The van der Waals surface area contributed by atoms with Crippen LogP contribution < -0.4 is 5.32 Å². The maximum Gasteiger partial charge on any atom is 0.226 e. The molecule has 1 atom stereocenters. The molecule has 2 aromatic rings. The summed E-state index contributed by atoms with van der Waals surface area (Å²) in [5.74, 6) is 2.53. The second kappa shape index (κ2) is 7.35. The van der Waals surface area contributed by atoms with Crippen LogP contribution in [0.25, 0.3) is 0 Å². The lowest BCUT2D eigenvalue weighted by atomic mass is 10.0. The first-order valence-electron chi connectivity index (χ1n) is 9.40. The van der Waals surface area contributed by atoms with Crippen LogP contribution in [0.15, 0.2) is 24.7 Å². The van der Waals surface area contributed by atoms with Crippen LogP contribution in [0.1, 0.15) is 56.1 Å². The largest absolute Gasteiger partial charge is 0.334 e. The summed E-state index contributed by atoms with van der Waals surface area (Å²) in [6, 6.07) is 1.99. The zero-order chi connectivity index (χ0) is 17.9. The van der Waals surface area contributed by atoms with Crippen LogP contribution in [0, 0.1) is 12.8 Å². The Labute approximate surface area is 153 Å². The third-order valence-electron chi connectivity index (χ3n) is 5.26. The Hall–Kier alpha value is -2.57. The number of rotatable bonds is 4. The summed E-state index contributed by atoms with van der Waals surface area (Å²) >= 11 is 0. The number of carbonyl (C=O) groups is 1. The van der Waals surface area contributed by atoms with Gasteiger partial charge in [-0.1, -0.05) is 12.8 Å². The lowest BCUT2D eigenvalue weighted by molar-refractivity contribution is -0.136. The summed E-state index contributed by atoms with van der Waals surface area (Å²) in [6.45, 7) is 2.71. The summed E-state index contributed by atoms with van der Waals surface area (Å²) in [7, 11) is 0. The van der Waals surface area contributed by atoms with E-state index < -0.39 is 0 Å². The average molecular weight is 352 g/mol. The molecule has 136 valence electrons. The minimum Gasteiger partial charge on any atom is -0.334 e. The number of hydrogen-bond donors (Lipinski definition) is 1. The Bertz CT molecular complexity index is 775. The number of nitrogens with zero attached hydrogens (tertiary/aromatic N) is 5. The highest BCUT2D eigenvalue weighted by atomic mass is 16.2. The van der Waals surface area contributed by atoms with Gasteiger partial charge in [0.2, 0.25) is 5.91 Å². The van der Waals surface area contributed by atoms with Gasteiger partial charge in [0.15, 0.2) is 0 Å². The van der Waals surface area contributed by atoms with E-state index in [2.05, 4.69) is 25.3 Å². The lowest BCUT2D eigenvalue weighted by Gasteiger charge is -2.27. The predicted octanol–water partition coefficient (Wildman–Crippen LogP) is 3.17. The fraction of sp³-hybridized carbons (Fsp3) is 0.526. The SMILES string of the molecule is Cc1nc(Nc2cnccn2)cc([C@@H]2CCCN2C(=O)C2CCCC2)n1. The highest BCUT2D eigenvalue weighted by Gasteiger charge is 2.35. The van der Waals surface area contributed by atoms with Crippen molar-refractivity contribution < 1.29 is 4.79 Å². The van der Waals surface area contributed by atoms with Gasteiger partial charge < -0.3 is 10.2 Å². The second-order valence-electron chi connectivity index (χ2n) is 7.11. The van der Waals surface area contributed by atoms with Crippen LogP contribution in [0.2, 0.25) is 0 Å². The minimum atomic E-state index is 0.0483. The zero-order valence-electron chi connectivity index (χ0n) is 15.1. The van der Waals surface area contributed by atoms with Gasteiger partial charge in [0.05, 0.1) is 17.9 Å². The Morgan fingerprint density at radius 2 is 1.96 bits per heavy atom. The molecule has 2 fully saturated rings. The number of aryl methyl sites for hydroxylation is 1. The monoisotopic (exact) mass is 352 g/mol. The van der Waals surface area contributed by atoms with Gasteiger partial charge in [-0.05, 0) is 32.6 Å². The van der Waals surface area contributed by atoms with Crippen LogP contribution in [0.3, 0.4) is 0 Å². The Kier molecular flexibility index (Phi) is 4.77. The fourth-order valence-corrected chi connectivity index (χ4v) is 4.07. The third kappa shape index (κ3) is 3.52. The van der Waals surface area contributed by atoms with Crippen molar-refractivity contribution >= 4 is 17.5 Å². The highest BCUT2D eigenvalue weighted by molar-refractivity contribution is 5.79. The van der Waals surface area contributed by atoms with Gasteiger partial charge in [-0.25, -0.2) is 15.0 Å². The van der Waals surface area contributed by atoms with Gasteiger partial charge in [0, 0.05) is 30.9 Å². The predicted molar refractivity (Wildman–Crippen MR) is 97.7 cm³/mol. The molecular formula is C19H24N6O. The molecule has 7 nitrogen and oxygen atoms in total. The molecule has 0 aromatic carbocycles. The molecule has 0 radical (unpaired) electrons. The topological polar surface area (TPSA) is 83.9 Å². The maximum atomic E-state index is 12.9. The molecule has 1 saturated heterocycles. The van der Waals surface area contributed by atoms with Crippen molar-refractivity contribution in [2.24, 2.45) is 5.92 Å². The number of carbonyl (C=O) groups excluding carboxylic acids is 1. The first kappa shape index (κ1) is 16.9. The van der Waals surface area contributed by atoms with Crippen molar-refractivity contribution in [3.63, 3.8) is 0 Å². The van der Waals surface area contributed by atoms with Gasteiger partial charge in [-0.3, -0.25) is 9.78 Å². The number of amides is 1. The van der Waals surface area contributed by atoms with Crippen molar-refractivity contribution in [3.8, 4) is 0 Å². The summed E-state index contributed by atoms with van der Waals surface area (Å²) < 4.78 is 0. The first-order chi connectivity index (χ1) is 12.7. The minimum absolute atomic E-state index is 0.0483. The lowest BCUT2D eigenvalue weighted by Crippen LogP contribution is -2.35. The number of likely N-dealkylation sites (tertiary alicyclic amines) is 1. The molecule has 3 heterocycles. The Balaban J connectivity index is 1.57. The van der Waals surface area contributed by atoms with E-state index in [0.717, 1.165) is 37.9 Å². The van der Waals surface area contributed by atoms with Gasteiger partial charge in [0.1, 0.15) is 17.5 Å². The van der Waals surface area contributed by atoms with E-state index in [-0.39, 0.29) is 12.0 Å². The van der Waals surface area contributed by atoms with Gasteiger partial charge >= 0.3 is 0 Å². The van der Waals surface area contributed by atoms with E-state index in [9.17, 15) is 4.79 Å². The first-order valence-corrected chi connectivity index (χ1v) is 9.40. The molecule has 1 aliphatic carbocycles. The summed E-state index contributed by atoms with van der Waals surface area (Å²) in [5.41, 5.74) is 0.910. The molecule has 0 unspecified atom stereocenters. The van der Waals surface area contributed by atoms with Crippen LogP contribution >= 0.6 is 0 Å². The molecule has 0 spiro atoms. The van der Waals surface area contributed by atoms with Gasteiger partial charge in [0.25, 0.3) is 0 Å². The van der Waals surface area contributed by atoms with Gasteiger partial charge in [-0.2, -0.15) is 0 Å². The number of anilines is 2. The Morgan fingerprint density at radius 3 is 2.73 bits per heavy atom. The zero-order valence-corrected chi connectivity index (χ0v) is 15.1. The van der Waals surface area contributed by atoms with Crippen molar-refractivity contribution in [2.75, 3.05) is 11.9 Å². The highest BCUT2D eigenvalue weighted by Crippen LogP contribution is 2.36. The van der Waals surface area contributed by atoms with E-state index in [1.165, 1.54) is 12.8 Å². The maximum absolute atomic E-state index is 12.9. The van der Waals surface area contributed by atoms with Crippen LogP contribution in [-0.2, 0) is 4.79 Å². The molecule has 1 aliphatic heterocycles. The van der Waals surface area contributed by atoms with Crippen molar-refractivity contribution in [1.82, 2.24) is 24.8 Å². The number of nitrogens with one attached hydrogen (secondary N) is 1. The van der Waals surface area contributed by atoms with Crippen molar-refractivity contribution in [3.05, 3.63) is 36.2 Å². The molecule has 1 amide bonds. The smallest absolute Gasteiger partial charge is 0.226 e. The van der Waals surface area contributed by atoms with Crippen LogP contribution in [0.5, 0.6) is 0 Å². The van der Waals surface area contributed by atoms with Gasteiger partial charge in [-0.15, -0.1) is 0 Å². The number of aromatic nitrogens is 4. The Morgan fingerprint density at radius 1 is 1.12 bits per heavy atom. The van der Waals surface area contributed by atoms with E-state index >= 15 is 0 Å². The molecule has 2 aliphatic rings. The van der Waals surface area contributed by atoms with E-state index in [1.54, 1.807) is 18.6 Å². The molecule has 4 rings (SSSR count). The molecule has 7 heteroatoms. The average Bonchev–Trinajstić information content (AvgIpc) is 3.33. The summed E-state index contributed by atoms with van der Waals surface area (Å²) in [6.07, 6.45) is 11.3. The number of hydrogen-bond acceptors (Lipinski definition) is 6. The van der Waals surface area contributed by atoms with E-state index in [1.807, 2.05) is 17.9 Å². The summed E-state index contributed by atoms with van der Waals surface area (Å²) in [4.78, 5) is 32.4. The summed E-state index contributed by atoms with van der Waals surface area (Å²) in [5, 5.41) is 3.18. The molecule has 26 heavy (non-hydrogen) atoms. The van der Waals surface area contributed by atoms with Crippen LogP contribution in [-0.4, -0.2) is 37.3 Å². The van der Waals surface area contributed by atoms with E-state index in [4.69, 9.17) is 0 Å². The van der Waals surface area contributed by atoms with E-state index in [0.29, 0.717) is 23.4 Å². The molecule has 1 saturated carbocycles. The fourth-order valence-electron chi connectivity index (χ4n) is 4.07.